The summed E-state index contributed by atoms with van der Waals surface area (Å²) >= 11 is 2.15. The fraction of sp³-hybridized carbons (Fsp3) is 0.0909. The Balaban J connectivity index is 2.11. The maximum atomic E-state index is 13.0. The highest BCUT2D eigenvalue weighted by molar-refractivity contribution is 14.1. The van der Waals surface area contributed by atoms with E-state index < -0.39 is 5.41 Å². The highest BCUT2D eigenvalue weighted by Gasteiger charge is 2.43. The van der Waals surface area contributed by atoms with Gasteiger partial charge in [-0.2, -0.15) is 0 Å². The van der Waals surface area contributed by atoms with Crippen LogP contribution in [0.2, 0.25) is 0 Å². The minimum atomic E-state index is -0.597. The highest BCUT2D eigenvalue weighted by atomic mass is 127. The molecular formula is C22H15IO2. The van der Waals surface area contributed by atoms with Gasteiger partial charge in [0.05, 0.1) is 8.99 Å². The SMILES string of the molecule is CC1=CC2(C=CC1=O)C(c1ccccc1)=C(I)C(=O)c1ccccc12. The molecule has 1 atom stereocenters. The minimum absolute atomic E-state index is 0.0161. The zero-order chi connectivity index (χ0) is 17.6. The average molecular weight is 438 g/mol. The molecule has 0 fully saturated rings. The van der Waals surface area contributed by atoms with Gasteiger partial charge >= 0.3 is 0 Å². The van der Waals surface area contributed by atoms with Gasteiger partial charge in [-0.15, -0.1) is 0 Å². The molecule has 0 saturated heterocycles. The van der Waals surface area contributed by atoms with Gasteiger partial charge < -0.3 is 0 Å². The zero-order valence-corrected chi connectivity index (χ0v) is 15.8. The van der Waals surface area contributed by atoms with Crippen LogP contribution in [0.15, 0.2) is 82.0 Å². The van der Waals surface area contributed by atoms with Gasteiger partial charge in [-0.1, -0.05) is 66.7 Å². The third-order valence-corrected chi connectivity index (χ3v) is 5.87. The highest BCUT2D eigenvalue weighted by Crippen LogP contribution is 2.51. The summed E-state index contributed by atoms with van der Waals surface area (Å²) in [4.78, 5) is 25.1. The number of hydrogen-bond acceptors (Lipinski definition) is 2. The summed E-state index contributed by atoms with van der Waals surface area (Å²) in [6.07, 6.45) is 5.57. The van der Waals surface area contributed by atoms with Crippen molar-refractivity contribution < 1.29 is 9.59 Å². The van der Waals surface area contributed by atoms with Gasteiger partial charge in [0.1, 0.15) is 0 Å². The molecule has 0 aliphatic heterocycles. The van der Waals surface area contributed by atoms with E-state index in [4.69, 9.17) is 0 Å². The van der Waals surface area contributed by atoms with Crippen LogP contribution in [0.1, 0.15) is 28.4 Å². The van der Waals surface area contributed by atoms with Gasteiger partial charge in [0.15, 0.2) is 11.6 Å². The molecule has 1 spiro atoms. The summed E-state index contributed by atoms with van der Waals surface area (Å²) in [6.45, 7) is 1.84. The lowest BCUT2D eigenvalue weighted by Crippen LogP contribution is -2.33. The summed E-state index contributed by atoms with van der Waals surface area (Å²) in [5.41, 5.74) is 3.68. The van der Waals surface area contributed by atoms with Crippen molar-refractivity contribution in [2.75, 3.05) is 0 Å². The Morgan fingerprint density at radius 2 is 1.60 bits per heavy atom. The number of fused-ring (bicyclic) bond motifs is 2. The number of ketones is 2. The minimum Gasteiger partial charge on any atom is -0.290 e. The third-order valence-electron chi connectivity index (χ3n) is 4.84. The Kier molecular flexibility index (Phi) is 3.84. The summed E-state index contributed by atoms with van der Waals surface area (Å²) < 4.78 is 0.700. The Labute approximate surface area is 160 Å². The molecule has 2 aliphatic carbocycles. The summed E-state index contributed by atoms with van der Waals surface area (Å²) in [5.74, 6) is 0.0551. The van der Waals surface area contributed by atoms with Crippen LogP contribution in [-0.2, 0) is 10.2 Å². The first-order valence-corrected chi connectivity index (χ1v) is 9.15. The van der Waals surface area contributed by atoms with E-state index in [1.165, 1.54) is 0 Å². The van der Waals surface area contributed by atoms with Crippen molar-refractivity contribution in [2.45, 2.75) is 12.3 Å². The summed E-state index contributed by atoms with van der Waals surface area (Å²) in [6, 6.07) is 17.6. The molecule has 2 aromatic carbocycles. The molecule has 3 heteroatoms. The molecule has 2 aliphatic rings. The van der Waals surface area contributed by atoms with Crippen molar-refractivity contribution in [1.82, 2.24) is 0 Å². The van der Waals surface area contributed by atoms with Gasteiger partial charge in [-0.25, -0.2) is 0 Å². The maximum Gasteiger partial charge on any atom is 0.199 e. The van der Waals surface area contributed by atoms with Gasteiger partial charge in [-0.05, 0) is 57.9 Å². The topological polar surface area (TPSA) is 34.1 Å². The Morgan fingerprint density at radius 1 is 0.920 bits per heavy atom. The number of halogens is 1. The predicted molar refractivity (Wildman–Crippen MR) is 108 cm³/mol. The van der Waals surface area contributed by atoms with E-state index >= 15 is 0 Å². The van der Waals surface area contributed by atoms with Crippen molar-refractivity contribution >= 4 is 39.7 Å². The van der Waals surface area contributed by atoms with E-state index in [2.05, 4.69) is 22.6 Å². The summed E-state index contributed by atoms with van der Waals surface area (Å²) in [7, 11) is 0. The van der Waals surface area contributed by atoms with Crippen LogP contribution in [0.5, 0.6) is 0 Å². The first-order valence-electron chi connectivity index (χ1n) is 8.07. The van der Waals surface area contributed by atoms with Gasteiger partial charge in [0.25, 0.3) is 0 Å². The van der Waals surface area contributed by atoms with Gasteiger partial charge in [-0.3, -0.25) is 9.59 Å². The molecule has 2 nitrogen and oxygen atoms in total. The molecule has 0 aromatic heterocycles. The van der Waals surface area contributed by atoms with Crippen molar-refractivity contribution in [1.29, 1.82) is 0 Å². The number of Topliss-reactive ketones (excluding diaryl/α,β-unsaturated/α-hetero) is 1. The monoisotopic (exact) mass is 438 g/mol. The number of hydrogen-bond donors (Lipinski definition) is 0. The quantitative estimate of drug-likeness (QED) is 0.584. The number of carbonyl (C=O) groups excluding carboxylic acids is 2. The Bertz CT molecular complexity index is 996. The molecule has 1 unspecified atom stereocenters. The van der Waals surface area contributed by atoms with E-state index in [-0.39, 0.29) is 11.6 Å². The van der Waals surface area contributed by atoms with Gasteiger partial charge in [0.2, 0.25) is 0 Å². The van der Waals surface area contributed by atoms with Crippen molar-refractivity contribution in [2.24, 2.45) is 0 Å². The van der Waals surface area contributed by atoms with Crippen molar-refractivity contribution in [3.8, 4) is 0 Å². The largest absolute Gasteiger partial charge is 0.290 e. The summed E-state index contributed by atoms with van der Waals surface area (Å²) in [5, 5.41) is 0. The fourth-order valence-electron chi connectivity index (χ4n) is 3.68. The molecule has 122 valence electrons. The lowest BCUT2D eigenvalue weighted by molar-refractivity contribution is -0.111. The maximum absolute atomic E-state index is 13.0. The Hall–Kier alpha value is -2.27. The van der Waals surface area contributed by atoms with Crippen LogP contribution in [0, 0.1) is 0 Å². The predicted octanol–water partition coefficient (Wildman–Crippen LogP) is 5.05. The number of rotatable bonds is 1. The standard InChI is InChI=1S/C22H15IO2/c1-14-13-22(12-11-18(14)24)17-10-6-5-9-16(17)21(25)20(23)19(22)15-7-3-2-4-8-15/h2-13H,1H3. The molecule has 0 N–H and O–H groups in total. The normalized spacial score (nSPS) is 22.2. The lowest BCUT2D eigenvalue weighted by Gasteiger charge is -2.39. The third kappa shape index (κ3) is 2.37. The Morgan fingerprint density at radius 3 is 2.32 bits per heavy atom. The molecule has 2 aromatic rings. The first-order chi connectivity index (χ1) is 12.0. The second-order valence-electron chi connectivity index (χ2n) is 6.32. The van der Waals surface area contributed by atoms with Crippen LogP contribution in [0.3, 0.4) is 0 Å². The van der Waals surface area contributed by atoms with E-state index in [0.29, 0.717) is 14.7 Å². The zero-order valence-electron chi connectivity index (χ0n) is 13.6. The second-order valence-corrected chi connectivity index (χ2v) is 7.40. The molecule has 0 saturated carbocycles. The number of benzene rings is 2. The van der Waals surface area contributed by atoms with Crippen LogP contribution >= 0.6 is 22.6 Å². The van der Waals surface area contributed by atoms with E-state index in [0.717, 1.165) is 16.7 Å². The van der Waals surface area contributed by atoms with Crippen LogP contribution in [-0.4, -0.2) is 11.6 Å². The van der Waals surface area contributed by atoms with Crippen LogP contribution in [0.4, 0.5) is 0 Å². The van der Waals surface area contributed by atoms with Crippen LogP contribution < -0.4 is 0 Å². The molecule has 0 bridgehead atoms. The van der Waals surface area contributed by atoms with Gasteiger partial charge in [0, 0.05) is 5.56 Å². The molecule has 4 rings (SSSR count). The first kappa shape index (κ1) is 16.2. The molecule has 25 heavy (non-hydrogen) atoms. The average Bonchev–Trinajstić information content (AvgIpc) is 2.64. The van der Waals surface area contributed by atoms with Crippen molar-refractivity contribution in [3.63, 3.8) is 0 Å². The molecule has 0 heterocycles. The van der Waals surface area contributed by atoms with Crippen molar-refractivity contribution in [3.05, 3.63) is 98.7 Å². The number of carbonyl (C=O) groups is 2. The lowest BCUT2D eigenvalue weighted by atomic mass is 9.64. The fourth-order valence-corrected chi connectivity index (χ4v) is 4.73. The molecule has 0 amide bonds. The molecule has 0 radical (unpaired) electrons. The van der Waals surface area contributed by atoms with E-state index in [1.807, 2.05) is 73.7 Å². The smallest absolute Gasteiger partial charge is 0.199 e. The van der Waals surface area contributed by atoms with E-state index in [1.54, 1.807) is 6.08 Å². The van der Waals surface area contributed by atoms with Crippen LogP contribution in [0.25, 0.3) is 5.57 Å². The molecular weight excluding hydrogens is 423 g/mol. The number of allylic oxidation sites excluding steroid dienone is 6. The second kappa shape index (κ2) is 5.92. The van der Waals surface area contributed by atoms with E-state index in [9.17, 15) is 9.59 Å².